The van der Waals surface area contributed by atoms with Gasteiger partial charge in [0.15, 0.2) is 0 Å². The van der Waals surface area contributed by atoms with Crippen molar-refractivity contribution in [3.63, 3.8) is 0 Å². The van der Waals surface area contributed by atoms with Crippen LogP contribution in [0, 0.1) is 0 Å². The number of rotatable bonds is 12. The molecule has 0 aliphatic carbocycles. The molecule has 0 heterocycles. The molecule has 0 aromatic heterocycles. The second kappa shape index (κ2) is 9.88. The van der Waals surface area contributed by atoms with E-state index in [2.05, 4.69) is 19.7 Å². The minimum absolute atomic E-state index is 0.250. The van der Waals surface area contributed by atoms with Gasteiger partial charge in [0.05, 0.1) is 43.7 Å². The number of ether oxygens (including phenoxy) is 3. The normalized spacial score (nSPS) is 18.6. The molecular formula is C16H29NO3. The Morgan fingerprint density at radius 1 is 0.800 bits per heavy atom. The molecule has 0 spiro atoms. The first-order valence-corrected chi connectivity index (χ1v) is 6.91. The van der Waals surface area contributed by atoms with E-state index in [4.69, 9.17) is 19.9 Å². The molecule has 0 aromatic carbocycles. The van der Waals surface area contributed by atoms with E-state index >= 15 is 0 Å². The molecule has 0 saturated carbocycles. The SMILES string of the molecule is C=CCOC(C)C(N)(C(C)OCC=C)C(C)OCC=C. The molecule has 3 unspecified atom stereocenters. The molecule has 0 bridgehead atoms. The van der Waals surface area contributed by atoms with Crippen LogP contribution < -0.4 is 5.73 Å². The second-order valence-corrected chi connectivity index (χ2v) is 4.79. The fourth-order valence-electron chi connectivity index (χ4n) is 2.06. The van der Waals surface area contributed by atoms with Crippen molar-refractivity contribution < 1.29 is 14.2 Å². The Labute approximate surface area is 123 Å². The van der Waals surface area contributed by atoms with Crippen LogP contribution in [0.15, 0.2) is 38.0 Å². The maximum absolute atomic E-state index is 6.57. The summed E-state index contributed by atoms with van der Waals surface area (Å²) in [6, 6.07) is 0. The summed E-state index contributed by atoms with van der Waals surface area (Å²) >= 11 is 0. The van der Waals surface area contributed by atoms with Gasteiger partial charge in [0.25, 0.3) is 0 Å². The van der Waals surface area contributed by atoms with E-state index in [1.165, 1.54) is 0 Å². The molecule has 20 heavy (non-hydrogen) atoms. The largest absolute Gasteiger partial charge is 0.372 e. The summed E-state index contributed by atoms with van der Waals surface area (Å²) in [4.78, 5) is 0. The van der Waals surface area contributed by atoms with Gasteiger partial charge in [-0.05, 0) is 20.8 Å². The van der Waals surface area contributed by atoms with Gasteiger partial charge in [0.2, 0.25) is 0 Å². The predicted molar refractivity (Wildman–Crippen MR) is 83.8 cm³/mol. The molecule has 0 rings (SSSR count). The zero-order chi connectivity index (χ0) is 15.6. The Bertz CT molecular complexity index is 259. The van der Waals surface area contributed by atoms with Crippen LogP contribution >= 0.6 is 0 Å². The van der Waals surface area contributed by atoms with Crippen molar-refractivity contribution in [2.24, 2.45) is 5.73 Å². The van der Waals surface area contributed by atoms with E-state index in [1.54, 1.807) is 18.2 Å². The first kappa shape index (κ1) is 19.1. The predicted octanol–water partition coefficient (Wildman–Crippen LogP) is 2.46. The molecule has 0 aliphatic heterocycles. The summed E-state index contributed by atoms with van der Waals surface area (Å²) in [5.74, 6) is 0. The molecule has 0 amide bonds. The summed E-state index contributed by atoms with van der Waals surface area (Å²) in [5.41, 5.74) is 5.79. The van der Waals surface area contributed by atoms with Crippen molar-refractivity contribution >= 4 is 0 Å². The quantitative estimate of drug-likeness (QED) is 0.559. The molecule has 2 N–H and O–H groups in total. The highest BCUT2D eigenvalue weighted by Crippen LogP contribution is 2.25. The number of nitrogens with two attached hydrogens (primary N) is 1. The maximum atomic E-state index is 6.57. The lowest BCUT2D eigenvalue weighted by Gasteiger charge is -2.43. The first-order chi connectivity index (χ1) is 9.44. The number of hydrogen-bond acceptors (Lipinski definition) is 4. The molecule has 0 saturated heterocycles. The van der Waals surface area contributed by atoms with E-state index in [9.17, 15) is 0 Å². The van der Waals surface area contributed by atoms with Crippen LogP contribution in [-0.4, -0.2) is 43.7 Å². The summed E-state index contributed by atoms with van der Waals surface area (Å²) in [5, 5.41) is 0. The summed E-state index contributed by atoms with van der Waals surface area (Å²) in [7, 11) is 0. The van der Waals surface area contributed by atoms with Crippen LogP contribution in [-0.2, 0) is 14.2 Å². The molecule has 0 fully saturated rings. The van der Waals surface area contributed by atoms with E-state index in [0.29, 0.717) is 19.8 Å². The van der Waals surface area contributed by atoms with Gasteiger partial charge in [-0.15, -0.1) is 19.7 Å². The minimum Gasteiger partial charge on any atom is -0.372 e. The van der Waals surface area contributed by atoms with Crippen LogP contribution in [0.5, 0.6) is 0 Å². The smallest absolute Gasteiger partial charge is 0.0942 e. The van der Waals surface area contributed by atoms with E-state index in [1.807, 2.05) is 20.8 Å². The fraction of sp³-hybridized carbons (Fsp3) is 0.625. The average Bonchev–Trinajstić information content (AvgIpc) is 2.46. The van der Waals surface area contributed by atoms with E-state index in [-0.39, 0.29) is 18.3 Å². The lowest BCUT2D eigenvalue weighted by molar-refractivity contribution is -0.115. The Balaban J connectivity index is 5.01. The molecule has 3 atom stereocenters. The van der Waals surface area contributed by atoms with Crippen LogP contribution in [0.3, 0.4) is 0 Å². The van der Waals surface area contributed by atoms with Crippen LogP contribution in [0.1, 0.15) is 20.8 Å². The van der Waals surface area contributed by atoms with Crippen molar-refractivity contribution in [1.82, 2.24) is 0 Å². The van der Waals surface area contributed by atoms with Gasteiger partial charge in [-0.3, -0.25) is 0 Å². The highest BCUT2D eigenvalue weighted by Gasteiger charge is 2.44. The van der Waals surface area contributed by atoms with Crippen molar-refractivity contribution in [1.29, 1.82) is 0 Å². The molecule has 4 nitrogen and oxygen atoms in total. The lowest BCUT2D eigenvalue weighted by Crippen LogP contribution is -2.66. The molecule has 0 radical (unpaired) electrons. The van der Waals surface area contributed by atoms with Crippen molar-refractivity contribution in [2.45, 2.75) is 44.6 Å². The number of hydrogen-bond donors (Lipinski definition) is 1. The average molecular weight is 283 g/mol. The summed E-state index contributed by atoms with van der Waals surface area (Å²) in [6.45, 7) is 18.0. The summed E-state index contributed by atoms with van der Waals surface area (Å²) in [6.07, 6.45) is 4.34. The third-order valence-corrected chi connectivity index (χ3v) is 3.50. The monoisotopic (exact) mass is 283 g/mol. The van der Waals surface area contributed by atoms with Gasteiger partial charge in [-0.2, -0.15) is 0 Å². The second-order valence-electron chi connectivity index (χ2n) is 4.79. The highest BCUT2D eigenvalue weighted by molar-refractivity contribution is 5.02. The topological polar surface area (TPSA) is 53.7 Å². The molecular weight excluding hydrogens is 254 g/mol. The van der Waals surface area contributed by atoms with E-state index in [0.717, 1.165) is 0 Å². The Kier molecular flexibility index (Phi) is 9.42. The molecule has 0 aliphatic rings. The van der Waals surface area contributed by atoms with Gasteiger partial charge < -0.3 is 19.9 Å². The Morgan fingerprint density at radius 2 is 1.05 bits per heavy atom. The molecule has 0 aromatic rings. The molecule has 4 heteroatoms. The van der Waals surface area contributed by atoms with E-state index < -0.39 is 5.54 Å². The van der Waals surface area contributed by atoms with Gasteiger partial charge in [-0.1, -0.05) is 18.2 Å². The van der Waals surface area contributed by atoms with Gasteiger partial charge in [0, 0.05) is 0 Å². The minimum atomic E-state index is -0.783. The van der Waals surface area contributed by atoms with Gasteiger partial charge in [0.1, 0.15) is 0 Å². The Morgan fingerprint density at radius 3 is 1.25 bits per heavy atom. The van der Waals surface area contributed by atoms with Crippen LogP contribution in [0.25, 0.3) is 0 Å². The first-order valence-electron chi connectivity index (χ1n) is 6.91. The van der Waals surface area contributed by atoms with Crippen molar-refractivity contribution in [3.05, 3.63) is 38.0 Å². The summed E-state index contributed by atoms with van der Waals surface area (Å²) < 4.78 is 17.1. The van der Waals surface area contributed by atoms with Crippen molar-refractivity contribution in [2.75, 3.05) is 19.8 Å². The highest BCUT2D eigenvalue weighted by atomic mass is 16.5. The van der Waals surface area contributed by atoms with Crippen LogP contribution in [0.4, 0.5) is 0 Å². The van der Waals surface area contributed by atoms with Gasteiger partial charge in [-0.25, -0.2) is 0 Å². The fourth-order valence-corrected chi connectivity index (χ4v) is 2.06. The third kappa shape index (κ3) is 5.21. The van der Waals surface area contributed by atoms with Crippen molar-refractivity contribution in [3.8, 4) is 0 Å². The third-order valence-electron chi connectivity index (χ3n) is 3.50. The van der Waals surface area contributed by atoms with Crippen LogP contribution in [0.2, 0.25) is 0 Å². The standard InChI is InChI=1S/C16H29NO3/c1-7-10-18-13(4)16(17,14(5)19-11-8-2)15(6)20-12-9-3/h7-9,13-15H,1-3,10-12,17H2,4-6H3. The van der Waals surface area contributed by atoms with Gasteiger partial charge >= 0.3 is 0 Å². The maximum Gasteiger partial charge on any atom is 0.0942 e. The Hall–Kier alpha value is -0.940. The zero-order valence-corrected chi connectivity index (χ0v) is 13.0. The molecule has 116 valence electrons. The lowest BCUT2D eigenvalue weighted by atomic mass is 9.83. The zero-order valence-electron chi connectivity index (χ0n) is 13.0.